The molecule has 2 aromatic rings. The molecule has 2 rings (SSSR count). The van der Waals surface area contributed by atoms with Gasteiger partial charge < -0.3 is 10.7 Å². The fourth-order valence-corrected chi connectivity index (χ4v) is 1.14. The van der Waals surface area contributed by atoms with Crippen molar-refractivity contribution >= 4 is 11.0 Å². The van der Waals surface area contributed by atoms with Crippen molar-refractivity contribution in [3.63, 3.8) is 0 Å². The number of hydrogen-bond acceptors (Lipinski definition) is 4. The van der Waals surface area contributed by atoms with Gasteiger partial charge in [0.15, 0.2) is 5.65 Å². The number of nitrogens with one attached hydrogen (secondary N) is 1. The van der Waals surface area contributed by atoms with E-state index in [4.69, 9.17) is 5.73 Å². The van der Waals surface area contributed by atoms with E-state index < -0.39 is 11.4 Å². The highest BCUT2D eigenvalue weighted by atomic mass is 19.1. The van der Waals surface area contributed by atoms with Crippen LogP contribution in [0.2, 0.25) is 0 Å². The summed E-state index contributed by atoms with van der Waals surface area (Å²) in [7, 11) is 0. The van der Waals surface area contributed by atoms with E-state index in [-0.39, 0.29) is 17.6 Å². The maximum Gasteiger partial charge on any atom is 0.260 e. The molecule has 3 N–H and O–H groups in total. The molecule has 0 saturated carbocycles. The van der Waals surface area contributed by atoms with Gasteiger partial charge in [-0.05, 0) is 6.07 Å². The molecule has 0 unspecified atom stereocenters. The van der Waals surface area contributed by atoms with Crippen molar-refractivity contribution in [1.82, 2.24) is 15.0 Å². The van der Waals surface area contributed by atoms with Crippen LogP contribution in [-0.2, 0) is 6.54 Å². The fraction of sp³-hybridized carbons (Fsp3) is 0.125. The van der Waals surface area contributed by atoms with Gasteiger partial charge in [0.25, 0.3) is 5.56 Å². The van der Waals surface area contributed by atoms with Crippen LogP contribution in [0, 0.1) is 5.82 Å². The molecule has 2 heterocycles. The first-order valence-corrected chi connectivity index (χ1v) is 3.95. The van der Waals surface area contributed by atoms with E-state index in [1.54, 1.807) is 0 Å². The maximum absolute atomic E-state index is 12.7. The summed E-state index contributed by atoms with van der Waals surface area (Å²) in [5.74, 6) is -0.230. The lowest BCUT2D eigenvalue weighted by atomic mass is 10.3. The van der Waals surface area contributed by atoms with Gasteiger partial charge >= 0.3 is 0 Å². The molecule has 5 nitrogen and oxygen atoms in total. The molecule has 72 valence electrons. The van der Waals surface area contributed by atoms with E-state index in [2.05, 4.69) is 15.0 Å². The second kappa shape index (κ2) is 3.15. The Morgan fingerprint density at radius 1 is 1.57 bits per heavy atom. The smallest absolute Gasteiger partial charge is 0.260 e. The van der Waals surface area contributed by atoms with Crippen LogP contribution in [0.3, 0.4) is 0 Å². The molecule has 0 saturated heterocycles. The van der Waals surface area contributed by atoms with Gasteiger partial charge in [-0.3, -0.25) is 4.79 Å². The normalized spacial score (nSPS) is 10.7. The quantitative estimate of drug-likeness (QED) is 0.664. The zero-order chi connectivity index (χ0) is 10.1. The van der Waals surface area contributed by atoms with E-state index in [0.717, 1.165) is 12.3 Å². The largest absolute Gasteiger partial charge is 0.324 e. The summed E-state index contributed by atoms with van der Waals surface area (Å²) in [5.41, 5.74) is 5.08. The van der Waals surface area contributed by atoms with E-state index in [1.807, 2.05) is 0 Å². The average molecular weight is 194 g/mol. The van der Waals surface area contributed by atoms with E-state index in [0.29, 0.717) is 5.82 Å². The summed E-state index contributed by atoms with van der Waals surface area (Å²) in [4.78, 5) is 21.4. The molecule has 14 heavy (non-hydrogen) atoms. The molecule has 0 fully saturated rings. The minimum atomic E-state index is -0.565. The van der Waals surface area contributed by atoms with Crippen LogP contribution in [0.15, 0.2) is 17.1 Å². The summed E-state index contributed by atoms with van der Waals surface area (Å²) < 4.78 is 12.7. The van der Waals surface area contributed by atoms with Crippen molar-refractivity contribution in [3.8, 4) is 0 Å². The third-order valence-electron chi connectivity index (χ3n) is 1.77. The van der Waals surface area contributed by atoms with Gasteiger partial charge in [-0.15, -0.1) is 0 Å². The summed E-state index contributed by atoms with van der Waals surface area (Å²) in [6.07, 6.45) is 1.01. The summed E-state index contributed by atoms with van der Waals surface area (Å²) in [6, 6.07) is 1.09. The van der Waals surface area contributed by atoms with Gasteiger partial charge in [0.2, 0.25) is 0 Å². The van der Waals surface area contributed by atoms with Crippen molar-refractivity contribution in [2.45, 2.75) is 6.54 Å². The van der Waals surface area contributed by atoms with Crippen molar-refractivity contribution < 1.29 is 4.39 Å². The van der Waals surface area contributed by atoms with E-state index in [9.17, 15) is 9.18 Å². The lowest BCUT2D eigenvalue weighted by Crippen LogP contribution is -2.15. The van der Waals surface area contributed by atoms with Gasteiger partial charge in [-0.2, -0.15) is 0 Å². The van der Waals surface area contributed by atoms with Crippen LogP contribution < -0.4 is 11.3 Å². The molecule has 0 aromatic carbocycles. The third-order valence-corrected chi connectivity index (χ3v) is 1.77. The average Bonchev–Trinajstić information content (AvgIpc) is 2.19. The molecule has 2 aromatic heterocycles. The van der Waals surface area contributed by atoms with Crippen LogP contribution in [0.4, 0.5) is 4.39 Å². The van der Waals surface area contributed by atoms with Gasteiger partial charge in [-0.1, -0.05) is 0 Å². The zero-order valence-corrected chi connectivity index (χ0v) is 7.12. The number of aromatic amines is 1. The highest BCUT2D eigenvalue weighted by molar-refractivity contribution is 5.72. The van der Waals surface area contributed by atoms with Crippen LogP contribution in [0.25, 0.3) is 11.0 Å². The monoisotopic (exact) mass is 194 g/mol. The lowest BCUT2D eigenvalue weighted by molar-refractivity contribution is 0.623. The van der Waals surface area contributed by atoms with Crippen molar-refractivity contribution in [3.05, 3.63) is 34.3 Å². The Hall–Kier alpha value is -1.82. The molecule has 6 heteroatoms. The second-order valence-corrected chi connectivity index (χ2v) is 2.74. The molecule has 0 spiro atoms. The number of pyridine rings is 1. The standard InChI is InChI=1S/C8H7FN4O/c9-4-1-5-7(11-3-4)12-6(2-10)13-8(5)14/h1,3H,2,10H2,(H,11,12,13,14). The Morgan fingerprint density at radius 2 is 2.36 bits per heavy atom. The molecule has 0 aliphatic rings. The highest BCUT2D eigenvalue weighted by Crippen LogP contribution is 2.04. The summed E-state index contributed by atoms with van der Waals surface area (Å²) in [6.45, 7) is 0.115. The Bertz CT molecular complexity index is 536. The van der Waals surface area contributed by atoms with Gasteiger partial charge in [0.1, 0.15) is 11.6 Å². The maximum atomic E-state index is 12.7. The van der Waals surface area contributed by atoms with Crippen molar-refractivity contribution in [2.75, 3.05) is 0 Å². The first-order valence-electron chi connectivity index (χ1n) is 3.95. The molecular formula is C8H7FN4O. The van der Waals surface area contributed by atoms with Crippen molar-refractivity contribution in [2.24, 2.45) is 5.73 Å². The first kappa shape index (κ1) is 8.76. The Labute approximate surface area is 77.8 Å². The van der Waals surface area contributed by atoms with Crippen molar-refractivity contribution in [1.29, 1.82) is 0 Å². The van der Waals surface area contributed by atoms with E-state index >= 15 is 0 Å². The Kier molecular flexibility index (Phi) is 1.97. The van der Waals surface area contributed by atoms with E-state index in [1.165, 1.54) is 0 Å². The number of aromatic nitrogens is 3. The molecule has 0 bridgehead atoms. The first-order chi connectivity index (χ1) is 6.70. The van der Waals surface area contributed by atoms with Crippen LogP contribution in [-0.4, -0.2) is 15.0 Å². The molecule has 0 atom stereocenters. The lowest BCUT2D eigenvalue weighted by Gasteiger charge is -1.98. The van der Waals surface area contributed by atoms with Crippen LogP contribution in [0.1, 0.15) is 5.82 Å². The van der Waals surface area contributed by atoms with Gasteiger partial charge in [0.05, 0.1) is 18.1 Å². The number of fused-ring (bicyclic) bond motifs is 1. The predicted molar refractivity (Wildman–Crippen MR) is 48.0 cm³/mol. The molecule has 0 aliphatic heterocycles. The number of hydrogen-bond donors (Lipinski definition) is 2. The topological polar surface area (TPSA) is 84.7 Å². The minimum absolute atomic E-state index is 0.115. The number of H-pyrrole nitrogens is 1. The summed E-state index contributed by atoms with van der Waals surface area (Å²) in [5, 5.41) is 0.127. The van der Waals surface area contributed by atoms with Crippen LogP contribution in [0.5, 0.6) is 0 Å². The third kappa shape index (κ3) is 1.35. The number of nitrogens with two attached hydrogens (primary N) is 1. The predicted octanol–water partition coefficient (Wildman–Crippen LogP) is -0.0841. The molecule has 0 aliphatic carbocycles. The SMILES string of the molecule is NCc1nc2ncc(F)cc2c(=O)[nH]1. The second-order valence-electron chi connectivity index (χ2n) is 2.74. The number of halogens is 1. The Balaban J connectivity index is 2.83. The number of rotatable bonds is 1. The minimum Gasteiger partial charge on any atom is -0.324 e. The highest BCUT2D eigenvalue weighted by Gasteiger charge is 2.04. The fourth-order valence-electron chi connectivity index (χ4n) is 1.14. The zero-order valence-electron chi connectivity index (χ0n) is 7.12. The Morgan fingerprint density at radius 3 is 3.07 bits per heavy atom. The molecule has 0 radical (unpaired) electrons. The number of nitrogens with zero attached hydrogens (tertiary/aromatic N) is 2. The van der Waals surface area contributed by atoms with Gasteiger partial charge in [0, 0.05) is 0 Å². The van der Waals surface area contributed by atoms with Crippen LogP contribution >= 0.6 is 0 Å². The summed E-state index contributed by atoms with van der Waals surface area (Å²) >= 11 is 0. The van der Waals surface area contributed by atoms with Gasteiger partial charge in [-0.25, -0.2) is 14.4 Å². The molecular weight excluding hydrogens is 187 g/mol. The molecule has 0 amide bonds.